The summed E-state index contributed by atoms with van der Waals surface area (Å²) in [5, 5.41) is 2.65. The molecule has 6 heteroatoms. The van der Waals surface area contributed by atoms with Gasteiger partial charge in [0.2, 0.25) is 5.91 Å². The van der Waals surface area contributed by atoms with Crippen molar-refractivity contribution in [1.82, 2.24) is 0 Å². The fourth-order valence-corrected chi connectivity index (χ4v) is 2.89. The Morgan fingerprint density at radius 1 is 1.17 bits per heavy atom. The normalized spacial score (nSPS) is 16.2. The van der Waals surface area contributed by atoms with Crippen molar-refractivity contribution < 1.29 is 19.1 Å². The van der Waals surface area contributed by atoms with Gasteiger partial charge in [0.1, 0.15) is 0 Å². The summed E-state index contributed by atoms with van der Waals surface area (Å²) in [4.78, 5) is 35.0. The highest BCUT2D eigenvalue weighted by Crippen LogP contribution is 2.26. The minimum absolute atomic E-state index is 0.325. The van der Waals surface area contributed by atoms with Crippen LogP contribution in [0.2, 0.25) is 0 Å². The summed E-state index contributed by atoms with van der Waals surface area (Å²) in [6.45, 7) is 1.55. The molecule has 0 spiro atoms. The molecule has 1 aromatic carbocycles. The van der Waals surface area contributed by atoms with E-state index >= 15 is 0 Å². The van der Waals surface area contributed by atoms with E-state index in [2.05, 4.69) is 5.32 Å². The Labute approximate surface area is 141 Å². The molecule has 1 fully saturated rings. The lowest BCUT2D eigenvalue weighted by Gasteiger charge is -2.21. The van der Waals surface area contributed by atoms with E-state index in [4.69, 9.17) is 10.5 Å². The molecule has 6 nitrogen and oxygen atoms in total. The van der Waals surface area contributed by atoms with E-state index in [9.17, 15) is 14.4 Å². The monoisotopic (exact) mass is 332 g/mol. The van der Waals surface area contributed by atoms with Crippen molar-refractivity contribution in [3.05, 3.63) is 29.8 Å². The number of primary amides is 1. The van der Waals surface area contributed by atoms with E-state index in [1.165, 1.54) is 18.6 Å². The minimum Gasteiger partial charge on any atom is -0.453 e. The van der Waals surface area contributed by atoms with Crippen LogP contribution in [-0.4, -0.2) is 23.9 Å². The molecule has 0 bridgehead atoms. The largest absolute Gasteiger partial charge is 0.453 e. The van der Waals surface area contributed by atoms with Crippen molar-refractivity contribution in [3.63, 3.8) is 0 Å². The highest BCUT2D eigenvalue weighted by molar-refractivity contribution is 5.96. The van der Waals surface area contributed by atoms with Gasteiger partial charge in [-0.3, -0.25) is 14.4 Å². The number of rotatable bonds is 6. The maximum atomic E-state index is 12.1. The highest BCUT2D eigenvalue weighted by Gasteiger charge is 2.22. The SMILES string of the molecule is CC(OC(=O)CC1CCCCC1)C(=O)Nc1ccc(C(N)=O)cc1. The van der Waals surface area contributed by atoms with Crippen LogP contribution >= 0.6 is 0 Å². The number of nitrogens with two attached hydrogens (primary N) is 1. The lowest BCUT2D eigenvalue weighted by molar-refractivity contribution is -0.154. The molecule has 0 radical (unpaired) electrons. The summed E-state index contributed by atoms with van der Waals surface area (Å²) in [7, 11) is 0. The molecule has 1 aromatic rings. The summed E-state index contributed by atoms with van der Waals surface area (Å²) in [6, 6.07) is 6.21. The first-order chi connectivity index (χ1) is 11.5. The predicted octanol–water partition coefficient (Wildman–Crippen LogP) is 2.63. The van der Waals surface area contributed by atoms with Crippen LogP contribution < -0.4 is 11.1 Å². The van der Waals surface area contributed by atoms with Gasteiger partial charge in [-0.2, -0.15) is 0 Å². The third kappa shape index (κ3) is 5.37. The second kappa shape index (κ2) is 8.47. The van der Waals surface area contributed by atoms with Gasteiger partial charge < -0.3 is 15.8 Å². The predicted molar refractivity (Wildman–Crippen MR) is 90.3 cm³/mol. The average Bonchev–Trinajstić information content (AvgIpc) is 2.56. The summed E-state index contributed by atoms with van der Waals surface area (Å²) >= 11 is 0. The standard InChI is InChI=1S/C18H24N2O4/c1-12(24-16(21)11-13-5-3-2-4-6-13)18(23)20-15-9-7-14(8-10-15)17(19)22/h7-10,12-13H,2-6,11H2,1H3,(H2,19,22)(H,20,23). The average molecular weight is 332 g/mol. The fraction of sp³-hybridized carbons (Fsp3) is 0.500. The molecular weight excluding hydrogens is 308 g/mol. The van der Waals surface area contributed by atoms with Gasteiger partial charge in [-0.15, -0.1) is 0 Å². The topological polar surface area (TPSA) is 98.5 Å². The molecule has 1 aliphatic rings. The Balaban J connectivity index is 1.80. The fourth-order valence-electron chi connectivity index (χ4n) is 2.89. The van der Waals surface area contributed by atoms with Gasteiger partial charge in [0.25, 0.3) is 5.91 Å². The Bertz CT molecular complexity index is 592. The second-order valence-corrected chi connectivity index (χ2v) is 6.27. The van der Waals surface area contributed by atoms with Crippen LogP contribution in [0, 0.1) is 5.92 Å². The number of ether oxygens (including phenoxy) is 1. The van der Waals surface area contributed by atoms with E-state index in [-0.39, 0.29) is 5.97 Å². The van der Waals surface area contributed by atoms with Crippen LogP contribution in [-0.2, 0) is 14.3 Å². The Morgan fingerprint density at radius 3 is 2.38 bits per heavy atom. The van der Waals surface area contributed by atoms with Crippen molar-refractivity contribution in [2.45, 2.75) is 51.6 Å². The molecule has 1 unspecified atom stereocenters. The third-order valence-corrected chi connectivity index (χ3v) is 4.29. The van der Waals surface area contributed by atoms with E-state index in [1.807, 2.05) is 0 Å². The van der Waals surface area contributed by atoms with Gasteiger partial charge in [-0.05, 0) is 49.9 Å². The van der Waals surface area contributed by atoms with E-state index in [1.54, 1.807) is 19.1 Å². The number of esters is 1. The molecule has 2 amide bonds. The molecule has 0 aliphatic heterocycles. The van der Waals surface area contributed by atoms with Gasteiger partial charge in [0.05, 0.1) is 0 Å². The zero-order chi connectivity index (χ0) is 17.5. The lowest BCUT2D eigenvalue weighted by Crippen LogP contribution is -2.30. The van der Waals surface area contributed by atoms with Crippen LogP contribution in [0.15, 0.2) is 24.3 Å². The maximum absolute atomic E-state index is 12.1. The summed E-state index contributed by atoms with van der Waals surface area (Å²) in [5.41, 5.74) is 6.04. The van der Waals surface area contributed by atoms with Gasteiger partial charge in [0, 0.05) is 17.7 Å². The van der Waals surface area contributed by atoms with Crippen molar-refractivity contribution in [2.75, 3.05) is 5.32 Å². The van der Waals surface area contributed by atoms with Crippen LogP contribution in [0.4, 0.5) is 5.69 Å². The summed E-state index contributed by atoms with van der Waals surface area (Å²) in [6.07, 6.45) is 5.19. The molecular formula is C18H24N2O4. The number of anilines is 1. The summed E-state index contributed by atoms with van der Waals surface area (Å²) < 4.78 is 5.22. The highest BCUT2D eigenvalue weighted by atomic mass is 16.5. The molecule has 1 atom stereocenters. The molecule has 24 heavy (non-hydrogen) atoms. The van der Waals surface area contributed by atoms with Crippen LogP contribution in [0.3, 0.4) is 0 Å². The Kier molecular flexibility index (Phi) is 6.35. The zero-order valence-corrected chi connectivity index (χ0v) is 13.9. The number of benzene rings is 1. The number of amides is 2. The Morgan fingerprint density at radius 2 is 1.79 bits per heavy atom. The Hall–Kier alpha value is -2.37. The molecule has 2 rings (SSSR count). The number of carbonyl (C=O) groups is 3. The first-order valence-electron chi connectivity index (χ1n) is 8.36. The van der Waals surface area contributed by atoms with Crippen molar-refractivity contribution in [3.8, 4) is 0 Å². The lowest BCUT2D eigenvalue weighted by atomic mass is 9.87. The molecule has 0 aromatic heterocycles. The maximum Gasteiger partial charge on any atom is 0.306 e. The number of hydrogen-bond acceptors (Lipinski definition) is 4. The van der Waals surface area contributed by atoms with Gasteiger partial charge in [-0.25, -0.2) is 0 Å². The van der Waals surface area contributed by atoms with Crippen LogP contribution in [0.5, 0.6) is 0 Å². The molecule has 0 saturated heterocycles. The van der Waals surface area contributed by atoms with Crippen molar-refractivity contribution in [2.24, 2.45) is 11.7 Å². The van der Waals surface area contributed by atoms with Crippen molar-refractivity contribution >= 4 is 23.5 Å². The van der Waals surface area contributed by atoms with Crippen LogP contribution in [0.25, 0.3) is 0 Å². The zero-order valence-electron chi connectivity index (χ0n) is 13.9. The van der Waals surface area contributed by atoms with Crippen molar-refractivity contribution in [1.29, 1.82) is 0 Å². The smallest absolute Gasteiger partial charge is 0.306 e. The number of nitrogens with one attached hydrogen (secondary N) is 1. The van der Waals surface area contributed by atoms with E-state index in [0.29, 0.717) is 23.6 Å². The third-order valence-electron chi connectivity index (χ3n) is 4.29. The quantitative estimate of drug-likeness (QED) is 0.782. The molecule has 130 valence electrons. The number of hydrogen-bond donors (Lipinski definition) is 2. The van der Waals surface area contributed by atoms with E-state index < -0.39 is 17.9 Å². The van der Waals surface area contributed by atoms with Gasteiger partial charge in [0.15, 0.2) is 6.10 Å². The minimum atomic E-state index is -0.864. The second-order valence-electron chi connectivity index (χ2n) is 6.27. The first-order valence-corrected chi connectivity index (χ1v) is 8.36. The van der Waals surface area contributed by atoms with Crippen LogP contribution in [0.1, 0.15) is 55.8 Å². The molecule has 0 heterocycles. The first kappa shape index (κ1) is 18.0. The molecule has 1 saturated carbocycles. The summed E-state index contributed by atoms with van der Waals surface area (Å²) in [5.74, 6) is -0.881. The molecule has 1 aliphatic carbocycles. The van der Waals surface area contributed by atoms with E-state index in [0.717, 1.165) is 25.7 Å². The van der Waals surface area contributed by atoms with Gasteiger partial charge in [-0.1, -0.05) is 19.3 Å². The molecule has 3 N–H and O–H groups in total. The van der Waals surface area contributed by atoms with Gasteiger partial charge >= 0.3 is 5.97 Å². The number of carbonyl (C=O) groups excluding carboxylic acids is 3.